The molecule has 15 heavy (non-hydrogen) atoms. The normalized spacial score (nSPS) is 34.8. The molecule has 1 aliphatic carbocycles. The number of fused-ring (bicyclic) bond motifs is 1. The molecule has 2 heteroatoms. The lowest BCUT2D eigenvalue weighted by Crippen LogP contribution is -2.50. The first-order valence-corrected chi connectivity index (χ1v) is 6.81. The second-order valence-electron chi connectivity index (χ2n) is 5.42. The summed E-state index contributed by atoms with van der Waals surface area (Å²) in [6, 6.07) is 1.27. The number of hydrogen-bond donors (Lipinski definition) is 1. The summed E-state index contributed by atoms with van der Waals surface area (Å²) in [5.74, 6) is 0.997. The highest BCUT2D eigenvalue weighted by Crippen LogP contribution is 2.35. The molecule has 0 aromatic heterocycles. The summed E-state index contributed by atoms with van der Waals surface area (Å²) in [5.41, 5.74) is 6.08. The number of nitrogens with two attached hydrogens (primary N) is 1. The first-order valence-electron chi connectivity index (χ1n) is 6.81. The molecule has 0 aromatic rings. The molecule has 2 N–H and O–H groups in total. The summed E-state index contributed by atoms with van der Waals surface area (Å²) in [6.07, 6.45) is 9.81. The van der Waals surface area contributed by atoms with E-state index in [1.807, 2.05) is 0 Å². The molecule has 0 spiro atoms. The molecule has 0 amide bonds. The molecule has 0 aromatic carbocycles. The van der Waals surface area contributed by atoms with Gasteiger partial charge in [0.25, 0.3) is 0 Å². The van der Waals surface area contributed by atoms with Crippen molar-refractivity contribution in [3.8, 4) is 0 Å². The van der Waals surface area contributed by atoms with Gasteiger partial charge in [0.2, 0.25) is 0 Å². The molecule has 3 atom stereocenters. The zero-order chi connectivity index (χ0) is 10.7. The first kappa shape index (κ1) is 11.4. The van der Waals surface area contributed by atoms with Crippen LogP contribution in [-0.4, -0.2) is 30.1 Å². The predicted octanol–water partition coefficient (Wildman–Crippen LogP) is 2.38. The molecule has 1 aliphatic heterocycles. The van der Waals surface area contributed by atoms with Crippen molar-refractivity contribution in [3.63, 3.8) is 0 Å². The van der Waals surface area contributed by atoms with Crippen molar-refractivity contribution in [3.05, 3.63) is 0 Å². The number of piperidine rings is 1. The van der Waals surface area contributed by atoms with E-state index in [1.165, 1.54) is 45.1 Å². The molecule has 88 valence electrons. The average molecular weight is 210 g/mol. The van der Waals surface area contributed by atoms with E-state index in [9.17, 15) is 0 Å². The third-order valence-corrected chi connectivity index (χ3v) is 4.35. The second-order valence-corrected chi connectivity index (χ2v) is 5.42. The summed E-state index contributed by atoms with van der Waals surface area (Å²) in [6.45, 7) is 4.64. The van der Waals surface area contributed by atoms with Crippen molar-refractivity contribution in [1.29, 1.82) is 0 Å². The molecule has 2 rings (SSSR count). The number of likely N-dealkylation sites (tertiary alicyclic amines) is 1. The van der Waals surface area contributed by atoms with E-state index in [4.69, 9.17) is 5.73 Å². The molecule has 0 radical (unpaired) electrons. The van der Waals surface area contributed by atoms with Crippen molar-refractivity contribution >= 4 is 0 Å². The standard InChI is InChI=1S/C13H26N2/c1-2-12(14)10-15-9-5-7-11-6-3-4-8-13(11)15/h11-13H,2-10,14H2,1H3/t11-,12?,13-/m1/s1. The van der Waals surface area contributed by atoms with Gasteiger partial charge in [0.1, 0.15) is 0 Å². The van der Waals surface area contributed by atoms with E-state index in [-0.39, 0.29) is 0 Å². The van der Waals surface area contributed by atoms with Gasteiger partial charge in [-0.25, -0.2) is 0 Å². The quantitative estimate of drug-likeness (QED) is 0.775. The Kier molecular flexibility index (Phi) is 4.04. The lowest BCUT2D eigenvalue weighted by atomic mass is 9.78. The number of hydrogen-bond acceptors (Lipinski definition) is 2. The molecule has 0 bridgehead atoms. The number of rotatable bonds is 3. The smallest absolute Gasteiger partial charge is 0.0165 e. The van der Waals surface area contributed by atoms with Gasteiger partial charge >= 0.3 is 0 Å². The Balaban J connectivity index is 1.91. The Morgan fingerprint density at radius 2 is 1.93 bits per heavy atom. The van der Waals surface area contributed by atoms with E-state index < -0.39 is 0 Å². The maximum atomic E-state index is 6.08. The lowest BCUT2D eigenvalue weighted by Gasteiger charge is -2.45. The minimum atomic E-state index is 0.394. The zero-order valence-corrected chi connectivity index (χ0v) is 10.1. The maximum Gasteiger partial charge on any atom is 0.0165 e. The van der Waals surface area contributed by atoms with Gasteiger partial charge in [-0.05, 0) is 44.6 Å². The van der Waals surface area contributed by atoms with E-state index in [0.717, 1.165) is 24.9 Å². The Morgan fingerprint density at radius 3 is 2.73 bits per heavy atom. The molecule has 1 saturated heterocycles. The van der Waals surface area contributed by atoms with E-state index in [0.29, 0.717) is 6.04 Å². The molecule has 1 heterocycles. The summed E-state index contributed by atoms with van der Waals surface area (Å²) >= 11 is 0. The van der Waals surface area contributed by atoms with Crippen LogP contribution in [0.2, 0.25) is 0 Å². The SMILES string of the molecule is CCC(N)CN1CCC[C@H]2CCCC[C@H]21. The highest BCUT2D eigenvalue weighted by Gasteiger charge is 2.33. The largest absolute Gasteiger partial charge is 0.327 e. The molecule has 1 saturated carbocycles. The van der Waals surface area contributed by atoms with E-state index in [2.05, 4.69) is 11.8 Å². The van der Waals surface area contributed by atoms with Crippen molar-refractivity contribution in [2.45, 2.75) is 64.0 Å². The molecule has 1 unspecified atom stereocenters. The van der Waals surface area contributed by atoms with Crippen LogP contribution >= 0.6 is 0 Å². The minimum absolute atomic E-state index is 0.394. The Hall–Kier alpha value is -0.0800. The van der Waals surface area contributed by atoms with Crippen LogP contribution < -0.4 is 5.73 Å². The summed E-state index contributed by atoms with van der Waals surface area (Å²) in [4.78, 5) is 2.70. The van der Waals surface area contributed by atoms with Gasteiger partial charge in [0, 0.05) is 18.6 Å². The topological polar surface area (TPSA) is 29.3 Å². The highest BCUT2D eigenvalue weighted by atomic mass is 15.2. The Bertz CT molecular complexity index is 191. The van der Waals surface area contributed by atoms with E-state index in [1.54, 1.807) is 0 Å². The highest BCUT2D eigenvalue weighted by molar-refractivity contribution is 4.88. The molecular weight excluding hydrogens is 184 g/mol. The van der Waals surface area contributed by atoms with Gasteiger partial charge in [0.15, 0.2) is 0 Å². The summed E-state index contributed by atoms with van der Waals surface area (Å²) in [7, 11) is 0. The second kappa shape index (κ2) is 5.31. The van der Waals surface area contributed by atoms with Crippen LogP contribution in [0.4, 0.5) is 0 Å². The average Bonchev–Trinajstić information content (AvgIpc) is 2.29. The Morgan fingerprint density at radius 1 is 1.20 bits per heavy atom. The van der Waals surface area contributed by atoms with Gasteiger partial charge in [-0.15, -0.1) is 0 Å². The van der Waals surface area contributed by atoms with Crippen molar-refractivity contribution in [1.82, 2.24) is 4.90 Å². The number of nitrogens with zero attached hydrogens (tertiary/aromatic N) is 1. The fourth-order valence-corrected chi connectivity index (χ4v) is 3.38. The van der Waals surface area contributed by atoms with Crippen LogP contribution in [0.15, 0.2) is 0 Å². The first-order chi connectivity index (χ1) is 7.31. The van der Waals surface area contributed by atoms with Crippen molar-refractivity contribution < 1.29 is 0 Å². The van der Waals surface area contributed by atoms with Gasteiger partial charge < -0.3 is 5.73 Å². The molecule has 2 aliphatic rings. The predicted molar refractivity (Wildman–Crippen MR) is 64.8 cm³/mol. The fourth-order valence-electron chi connectivity index (χ4n) is 3.38. The van der Waals surface area contributed by atoms with Crippen LogP contribution in [0.5, 0.6) is 0 Å². The van der Waals surface area contributed by atoms with Gasteiger partial charge in [0.05, 0.1) is 0 Å². The molecular formula is C13H26N2. The summed E-state index contributed by atoms with van der Waals surface area (Å²) < 4.78 is 0. The molecule has 2 fully saturated rings. The van der Waals surface area contributed by atoms with Crippen LogP contribution in [0.1, 0.15) is 51.9 Å². The van der Waals surface area contributed by atoms with Crippen LogP contribution in [-0.2, 0) is 0 Å². The van der Waals surface area contributed by atoms with Gasteiger partial charge in [-0.3, -0.25) is 4.90 Å². The third kappa shape index (κ3) is 2.73. The van der Waals surface area contributed by atoms with Crippen LogP contribution in [0.3, 0.4) is 0 Å². The third-order valence-electron chi connectivity index (χ3n) is 4.35. The Labute approximate surface area is 94.2 Å². The van der Waals surface area contributed by atoms with E-state index >= 15 is 0 Å². The van der Waals surface area contributed by atoms with Gasteiger partial charge in [-0.1, -0.05) is 19.8 Å². The van der Waals surface area contributed by atoms with Crippen LogP contribution in [0.25, 0.3) is 0 Å². The van der Waals surface area contributed by atoms with Crippen molar-refractivity contribution in [2.24, 2.45) is 11.7 Å². The van der Waals surface area contributed by atoms with Gasteiger partial charge in [-0.2, -0.15) is 0 Å². The summed E-state index contributed by atoms with van der Waals surface area (Å²) in [5, 5.41) is 0. The minimum Gasteiger partial charge on any atom is -0.327 e. The van der Waals surface area contributed by atoms with Crippen LogP contribution in [0, 0.1) is 5.92 Å². The maximum absolute atomic E-state index is 6.08. The monoisotopic (exact) mass is 210 g/mol. The fraction of sp³-hybridized carbons (Fsp3) is 1.00. The zero-order valence-electron chi connectivity index (χ0n) is 10.1. The lowest BCUT2D eigenvalue weighted by molar-refractivity contribution is 0.0559. The molecule has 2 nitrogen and oxygen atoms in total. The van der Waals surface area contributed by atoms with Crippen molar-refractivity contribution in [2.75, 3.05) is 13.1 Å².